The van der Waals surface area contributed by atoms with Gasteiger partial charge in [-0.2, -0.15) is 5.10 Å². The molecule has 0 atom stereocenters. The summed E-state index contributed by atoms with van der Waals surface area (Å²) in [5, 5.41) is 3.92. The van der Waals surface area contributed by atoms with Crippen molar-refractivity contribution < 1.29 is 9.59 Å². The molecule has 0 aliphatic heterocycles. The van der Waals surface area contributed by atoms with Crippen molar-refractivity contribution in [3.63, 3.8) is 0 Å². The SMILES string of the molecule is CC(C)CN(CC(N)=O)C(=O)Cn1ccc(N)n1. The Labute approximate surface area is 106 Å². The van der Waals surface area contributed by atoms with Crippen LogP contribution in [-0.2, 0) is 16.1 Å². The average Bonchev–Trinajstić information content (AvgIpc) is 2.61. The van der Waals surface area contributed by atoms with Crippen LogP contribution in [0, 0.1) is 5.92 Å². The molecule has 0 aliphatic carbocycles. The highest BCUT2D eigenvalue weighted by atomic mass is 16.2. The Morgan fingerprint density at radius 3 is 2.61 bits per heavy atom. The Hall–Kier alpha value is -2.05. The predicted molar refractivity (Wildman–Crippen MR) is 67.3 cm³/mol. The predicted octanol–water partition coefficient (Wildman–Crippen LogP) is -0.565. The van der Waals surface area contributed by atoms with E-state index in [0.717, 1.165) is 0 Å². The first kappa shape index (κ1) is 14.0. The van der Waals surface area contributed by atoms with Crippen LogP contribution in [0.1, 0.15) is 13.8 Å². The number of nitrogens with two attached hydrogens (primary N) is 2. The molecule has 1 aromatic rings. The lowest BCUT2D eigenvalue weighted by atomic mass is 10.2. The van der Waals surface area contributed by atoms with Gasteiger partial charge in [-0.15, -0.1) is 0 Å². The molecule has 7 nitrogen and oxygen atoms in total. The van der Waals surface area contributed by atoms with Gasteiger partial charge in [0.05, 0.1) is 6.54 Å². The van der Waals surface area contributed by atoms with Crippen LogP contribution in [0.5, 0.6) is 0 Å². The van der Waals surface area contributed by atoms with Gasteiger partial charge in [0.2, 0.25) is 11.8 Å². The molecule has 2 amide bonds. The van der Waals surface area contributed by atoms with E-state index < -0.39 is 5.91 Å². The minimum absolute atomic E-state index is 0.0528. The second-order valence-electron chi connectivity index (χ2n) is 4.57. The van der Waals surface area contributed by atoms with Gasteiger partial charge in [0.15, 0.2) is 0 Å². The molecule has 0 bridgehead atoms. The summed E-state index contributed by atoms with van der Waals surface area (Å²) in [5.41, 5.74) is 10.6. The number of primary amides is 1. The second kappa shape index (κ2) is 6.04. The van der Waals surface area contributed by atoms with E-state index in [1.165, 1.54) is 9.58 Å². The molecular formula is C11H19N5O2. The smallest absolute Gasteiger partial charge is 0.244 e. The second-order valence-corrected chi connectivity index (χ2v) is 4.57. The minimum Gasteiger partial charge on any atom is -0.382 e. The first-order chi connectivity index (χ1) is 8.38. The molecule has 0 saturated carbocycles. The van der Waals surface area contributed by atoms with Gasteiger partial charge in [-0.05, 0) is 12.0 Å². The first-order valence-corrected chi connectivity index (χ1v) is 5.73. The third kappa shape index (κ3) is 4.44. The summed E-state index contributed by atoms with van der Waals surface area (Å²) in [7, 11) is 0. The zero-order valence-electron chi connectivity index (χ0n) is 10.7. The lowest BCUT2D eigenvalue weighted by molar-refractivity contribution is -0.136. The molecular weight excluding hydrogens is 234 g/mol. The Morgan fingerprint density at radius 1 is 1.50 bits per heavy atom. The Morgan fingerprint density at radius 2 is 2.17 bits per heavy atom. The van der Waals surface area contributed by atoms with Crippen molar-refractivity contribution in [3.8, 4) is 0 Å². The lowest BCUT2D eigenvalue weighted by Gasteiger charge is -2.23. The van der Waals surface area contributed by atoms with E-state index in [9.17, 15) is 9.59 Å². The highest BCUT2D eigenvalue weighted by Crippen LogP contribution is 2.02. The van der Waals surface area contributed by atoms with Crippen LogP contribution in [-0.4, -0.2) is 39.6 Å². The molecule has 0 aromatic carbocycles. The fourth-order valence-electron chi connectivity index (χ4n) is 1.59. The molecule has 1 aromatic heterocycles. The van der Waals surface area contributed by atoms with Gasteiger partial charge in [-0.25, -0.2) is 0 Å². The van der Waals surface area contributed by atoms with Gasteiger partial charge in [0.25, 0.3) is 0 Å². The van der Waals surface area contributed by atoms with Crippen LogP contribution in [0.3, 0.4) is 0 Å². The number of rotatable bonds is 6. The number of carbonyl (C=O) groups excluding carboxylic acids is 2. The van der Waals surface area contributed by atoms with Gasteiger partial charge >= 0.3 is 0 Å². The molecule has 0 fully saturated rings. The fraction of sp³-hybridized carbons (Fsp3) is 0.545. The molecule has 1 heterocycles. The van der Waals surface area contributed by atoms with E-state index in [-0.39, 0.29) is 24.9 Å². The van der Waals surface area contributed by atoms with Crippen LogP contribution in [0.4, 0.5) is 5.82 Å². The fourth-order valence-corrected chi connectivity index (χ4v) is 1.59. The molecule has 100 valence electrons. The van der Waals surface area contributed by atoms with Crippen LogP contribution < -0.4 is 11.5 Å². The van der Waals surface area contributed by atoms with E-state index in [4.69, 9.17) is 11.5 Å². The molecule has 7 heteroatoms. The topological polar surface area (TPSA) is 107 Å². The zero-order chi connectivity index (χ0) is 13.7. The summed E-state index contributed by atoms with van der Waals surface area (Å²) in [5.74, 6) is -0.112. The van der Waals surface area contributed by atoms with Crippen LogP contribution >= 0.6 is 0 Å². The third-order valence-corrected chi connectivity index (χ3v) is 2.24. The summed E-state index contributed by atoms with van der Waals surface area (Å²) in [6.45, 7) is 4.39. The molecule has 0 spiro atoms. The Bertz CT molecular complexity index is 427. The van der Waals surface area contributed by atoms with Crippen LogP contribution in [0.15, 0.2) is 12.3 Å². The number of hydrogen-bond donors (Lipinski definition) is 2. The molecule has 0 radical (unpaired) electrons. The summed E-state index contributed by atoms with van der Waals surface area (Å²) in [6, 6.07) is 1.61. The maximum Gasteiger partial charge on any atom is 0.244 e. The lowest BCUT2D eigenvalue weighted by Crippen LogP contribution is -2.42. The highest BCUT2D eigenvalue weighted by Gasteiger charge is 2.17. The van der Waals surface area contributed by atoms with Crippen molar-refractivity contribution >= 4 is 17.6 Å². The van der Waals surface area contributed by atoms with Gasteiger partial charge in [-0.1, -0.05) is 13.8 Å². The van der Waals surface area contributed by atoms with E-state index >= 15 is 0 Å². The van der Waals surface area contributed by atoms with Crippen LogP contribution in [0.25, 0.3) is 0 Å². The Kier molecular flexibility index (Phi) is 4.70. The first-order valence-electron chi connectivity index (χ1n) is 5.73. The van der Waals surface area contributed by atoms with E-state index in [1.54, 1.807) is 12.3 Å². The van der Waals surface area contributed by atoms with Gasteiger partial charge < -0.3 is 16.4 Å². The number of hydrogen-bond acceptors (Lipinski definition) is 4. The third-order valence-electron chi connectivity index (χ3n) is 2.24. The molecule has 1 rings (SSSR count). The number of nitrogens with zero attached hydrogens (tertiary/aromatic N) is 3. The summed E-state index contributed by atoms with van der Waals surface area (Å²) >= 11 is 0. The minimum atomic E-state index is -0.524. The standard InChI is InChI=1S/C11H19N5O2/c1-8(2)5-15(6-10(13)17)11(18)7-16-4-3-9(12)14-16/h3-4,8H,5-7H2,1-2H3,(H2,12,14)(H2,13,17). The van der Waals surface area contributed by atoms with Crippen molar-refractivity contribution in [2.24, 2.45) is 11.7 Å². The van der Waals surface area contributed by atoms with Crippen molar-refractivity contribution in [2.45, 2.75) is 20.4 Å². The molecule has 0 aliphatic rings. The summed E-state index contributed by atoms with van der Waals surface area (Å²) in [6.07, 6.45) is 1.62. The zero-order valence-corrected chi connectivity index (χ0v) is 10.7. The average molecular weight is 253 g/mol. The number of amides is 2. The van der Waals surface area contributed by atoms with E-state index in [0.29, 0.717) is 12.4 Å². The number of aromatic nitrogens is 2. The van der Waals surface area contributed by atoms with E-state index in [2.05, 4.69) is 5.10 Å². The largest absolute Gasteiger partial charge is 0.382 e. The molecule has 4 N–H and O–H groups in total. The number of carbonyl (C=O) groups is 2. The van der Waals surface area contributed by atoms with Crippen molar-refractivity contribution in [1.82, 2.24) is 14.7 Å². The van der Waals surface area contributed by atoms with Crippen molar-refractivity contribution in [2.75, 3.05) is 18.8 Å². The number of nitrogen functional groups attached to an aromatic ring is 1. The maximum atomic E-state index is 12.0. The molecule has 0 saturated heterocycles. The van der Waals surface area contributed by atoms with Gasteiger partial charge in [-0.3, -0.25) is 14.3 Å². The normalized spacial score (nSPS) is 10.6. The van der Waals surface area contributed by atoms with Gasteiger partial charge in [0.1, 0.15) is 12.4 Å². The monoisotopic (exact) mass is 253 g/mol. The van der Waals surface area contributed by atoms with Crippen molar-refractivity contribution in [1.29, 1.82) is 0 Å². The van der Waals surface area contributed by atoms with E-state index in [1.807, 2.05) is 13.8 Å². The quantitative estimate of drug-likeness (QED) is 0.708. The Balaban J connectivity index is 2.66. The maximum absolute atomic E-state index is 12.0. The molecule has 18 heavy (non-hydrogen) atoms. The summed E-state index contributed by atoms with van der Waals surface area (Å²) in [4.78, 5) is 24.4. The van der Waals surface area contributed by atoms with Gasteiger partial charge in [0, 0.05) is 12.7 Å². The van der Waals surface area contributed by atoms with Crippen LogP contribution in [0.2, 0.25) is 0 Å². The highest BCUT2D eigenvalue weighted by molar-refractivity contribution is 5.83. The van der Waals surface area contributed by atoms with Crippen molar-refractivity contribution in [3.05, 3.63) is 12.3 Å². The number of anilines is 1. The summed E-state index contributed by atoms with van der Waals surface area (Å²) < 4.78 is 1.44. The molecule has 0 unspecified atom stereocenters.